The van der Waals surface area contributed by atoms with Crippen LogP contribution in [0.1, 0.15) is 39.2 Å². The van der Waals surface area contributed by atoms with Crippen molar-refractivity contribution in [2.75, 3.05) is 13.1 Å². The third-order valence-electron chi connectivity index (χ3n) is 3.59. The lowest BCUT2D eigenvalue weighted by molar-refractivity contribution is 0.549. The van der Waals surface area contributed by atoms with Crippen LogP contribution in [0.4, 0.5) is 0 Å². The first kappa shape index (κ1) is 18.0. The predicted octanol–water partition coefficient (Wildman–Crippen LogP) is 2.76. The van der Waals surface area contributed by atoms with Crippen molar-refractivity contribution < 1.29 is 0 Å². The first-order valence-electron chi connectivity index (χ1n) is 8.64. The largest absolute Gasteiger partial charge is 0.357 e. The maximum Gasteiger partial charge on any atom is 0.191 e. The molecule has 0 aliphatic rings. The summed E-state index contributed by atoms with van der Waals surface area (Å²) in [5, 5.41) is 6.67. The van der Waals surface area contributed by atoms with Crippen molar-refractivity contribution in [1.82, 2.24) is 25.2 Å². The molecule has 0 saturated heterocycles. The van der Waals surface area contributed by atoms with E-state index in [9.17, 15) is 0 Å². The van der Waals surface area contributed by atoms with E-state index in [2.05, 4.69) is 46.4 Å². The minimum atomic E-state index is 0.608. The van der Waals surface area contributed by atoms with Crippen LogP contribution < -0.4 is 10.6 Å². The van der Waals surface area contributed by atoms with Crippen LogP contribution in [0.25, 0.3) is 5.82 Å². The summed E-state index contributed by atoms with van der Waals surface area (Å²) in [5.41, 5.74) is 1.08. The summed E-state index contributed by atoms with van der Waals surface area (Å²) in [4.78, 5) is 13.1. The van der Waals surface area contributed by atoms with Crippen molar-refractivity contribution in [3.63, 3.8) is 0 Å². The molecule has 2 aromatic rings. The molecule has 0 bridgehead atoms. The van der Waals surface area contributed by atoms with Gasteiger partial charge in [-0.15, -0.1) is 0 Å². The smallest absolute Gasteiger partial charge is 0.191 e. The number of pyridine rings is 1. The molecule has 2 aromatic heterocycles. The van der Waals surface area contributed by atoms with Gasteiger partial charge in [0.1, 0.15) is 12.1 Å². The minimum absolute atomic E-state index is 0.608. The van der Waals surface area contributed by atoms with Crippen LogP contribution in [0.5, 0.6) is 0 Å². The summed E-state index contributed by atoms with van der Waals surface area (Å²) in [7, 11) is 0. The van der Waals surface area contributed by atoms with E-state index in [1.54, 1.807) is 12.5 Å². The van der Waals surface area contributed by atoms with Crippen molar-refractivity contribution in [2.24, 2.45) is 10.9 Å². The molecule has 0 amide bonds. The van der Waals surface area contributed by atoms with Crippen LogP contribution in [0.3, 0.4) is 0 Å². The monoisotopic (exact) mass is 328 g/mol. The maximum absolute atomic E-state index is 4.63. The molecule has 24 heavy (non-hydrogen) atoms. The molecule has 0 atom stereocenters. The summed E-state index contributed by atoms with van der Waals surface area (Å²) in [6.45, 7) is 8.98. The number of nitrogens with one attached hydrogen (secondary N) is 2. The maximum atomic E-state index is 4.63. The fourth-order valence-corrected chi connectivity index (χ4v) is 2.29. The number of hydrogen-bond donors (Lipinski definition) is 2. The van der Waals surface area contributed by atoms with Gasteiger partial charge in [0, 0.05) is 31.7 Å². The van der Waals surface area contributed by atoms with E-state index >= 15 is 0 Å². The second-order valence-electron chi connectivity index (χ2n) is 6.15. The molecule has 0 aliphatic carbocycles. The Morgan fingerprint density at radius 1 is 1.29 bits per heavy atom. The van der Waals surface area contributed by atoms with Gasteiger partial charge >= 0.3 is 0 Å². The van der Waals surface area contributed by atoms with Crippen molar-refractivity contribution >= 4 is 5.96 Å². The molecule has 0 spiro atoms. The molecule has 0 fully saturated rings. The molecule has 2 rings (SSSR count). The standard InChI is InChI=1S/C18H28N6/c1-4-20-18(21-9-5-6-15(2)3)23-13-16-7-8-17(22-12-16)24-11-10-19-14-24/h7-8,10-12,14-15H,4-6,9,13H2,1-3H3,(H2,20,21,23). The Kier molecular flexibility index (Phi) is 7.26. The Morgan fingerprint density at radius 3 is 2.79 bits per heavy atom. The summed E-state index contributed by atoms with van der Waals surface area (Å²) < 4.78 is 1.88. The Balaban J connectivity index is 1.88. The fraction of sp³-hybridized carbons (Fsp3) is 0.500. The van der Waals surface area contributed by atoms with Crippen LogP contribution in [0.2, 0.25) is 0 Å². The van der Waals surface area contributed by atoms with Gasteiger partial charge < -0.3 is 10.6 Å². The molecular weight excluding hydrogens is 300 g/mol. The number of aliphatic imine (C=N–C) groups is 1. The fourth-order valence-electron chi connectivity index (χ4n) is 2.29. The average molecular weight is 328 g/mol. The molecule has 0 aromatic carbocycles. The number of guanidine groups is 1. The van der Waals surface area contributed by atoms with E-state index in [-0.39, 0.29) is 0 Å². The number of nitrogens with zero attached hydrogens (tertiary/aromatic N) is 4. The zero-order chi connectivity index (χ0) is 17.2. The van der Waals surface area contributed by atoms with E-state index in [0.717, 1.165) is 42.8 Å². The van der Waals surface area contributed by atoms with Crippen LogP contribution >= 0.6 is 0 Å². The summed E-state index contributed by atoms with van der Waals surface area (Å²) >= 11 is 0. The van der Waals surface area contributed by atoms with Gasteiger partial charge in [-0.2, -0.15) is 0 Å². The molecule has 6 nitrogen and oxygen atoms in total. The van der Waals surface area contributed by atoms with Gasteiger partial charge in [0.25, 0.3) is 0 Å². The van der Waals surface area contributed by atoms with E-state index in [4.69, 9.17) is 0 Å². The van der Waals surface area contributed by atoms with Gasteiger partial charge in [-0.1, -0.05) is 19.9 Å². The van der Waals surface area contributed by atoms with Gasteiger partial charge in [-0.05, 0) is 37.3 Å². The van der Waals surface area contributed by atoms with Gasteiger partial charge in [0.15, 0.2) is 5.96 Å². The summed E-state index contributed by atoms with van der Waals surface area (Å²) in [6.07, 6.45) is 9.61. The number of rotatable bonds is 8. The van der Waals surface area contributed by atoms with Gasteiger partial charge in [0.05, 0.1) is 6.54 Å². The Hall–Kier alpha value is -2.37. The zero-order valence-electron chi connectivity index (χ0n) is 14.9. The lowest BCUT2D eigenvalue weighted by Crippen LogP contribution is -2.37. The second-order valence-corrected chi connectivity index (χ2v) is 6.15. The van der Waals surface area contributed by atoms with Crippen molar-refractivity contribution in [3.05, 3.63) is 42.6 Å². The van der Waals surface area contributed by atoms with Crippen molar-refractivity contribution in [3.8, 4) is 5.82 Å². The zero-order valence-corrected chi connectivity index (χ0v) is 14.9. The van der Waals surface area contributed by atoms with E-state index < -0.39 is 0 Å². The highest BCUT2D eigenvalue weighted by Gasteiger charge is 2.00. The summed E-state index contributed by atoms with van der Waals surface area (Å²) in [6, 6.07) is 4.03. The molecule has 2 N–H and O–H groups in total. The lowest BCUT2D eigenvalue weighted by Gasteiger charge is -2.12. The molecule has 0 unspecified atom stereocenters. The highest BCUT2D eigenvalue weighted by atomic mass is 15.2. The first-order chi connectivity index (χ1) is 11.7. The molecular formula is C18H28N6. The SMILES string of the molecule is CCNC(=NCc1ccc(-n2ccnc2)nc1)NCCCC(C)C. The van der Waals surface area contributed by atoms with Crippen LogP contribution in [0.15, 0.2) is 42.0 Å². The third-order valence-corrected chi connectivity index (χ3v) is 3.59. The average Bonchev–Trinajstić information content (AvgIpc) is 3.11. The quantitative estimate of drug-likeness (QED) is 0.444. The second kappa shape index (κ2) is 9.70. The predicted molar refractivity (Wildman–Crippen MR) is 98.2 cm³/mol. The number of aromatic nitrogens is 3. The molecule has 130 valence electrons. The van der Waals surface area contributed by atoms with Crippen LogP contribution in [-0.4, -0.2) is 33.6 Å². The molecule has 2 heterocycles. The highest BCUT2D eigenvalue weighted by molar-refractivity contribution is 5.79. The highest BCUT2D eigenvalue weighted by Crippen LogP contribution is 2.06. The van der Waals surface area contributed by atoms with Crippen molar-refractivity contribution in [2.45, 2.75) is 40.2 Å². The minimum Gasteiger partial charge on any atom is -0.357 e. The number of hydrogen-bond acceptors (Lipinski definition) is 3. The molecule has 0 radical (unpaired) electrons. The van der Waals surface area contributed by atoms with Gasteiger partial charge in [0.2, 0.25) is 0 Å². The first-order valence-corrected chi connectivity index (χ1v) is 8.64. The van der Waals surface area contributed by atoms with Crippen LogP contribution in [-0.2, 0) is 6.54 Å². The molecule has 6 heteroatoms. The topological polar surface area (TPSA) is 67.1 Å². The van der Waals surface area contributed by atoms with E-state index in [1.807, 2.05) is 29.1 Å². The van der Waals surface area contributed by atoms with Crippen molar-refractivity contribution in [1.29, 1.82) is 0 Å². The Labute approximate surface area is 144 Å². The van der Waals surface area contributed by atoms with Gasteiger partial charge in [-0.3, -0.25) is 4.57 Å². The Bertz CT molecular complexity index is 601. The van der Waals surface area contributed by atoms with Crippen LogP contribution in [0, 0.1) is 5.92 Å². The normalized spacial score (nSPS) is 11.8. The lowest BCUT2D eigenvalue weighted by atomic mass is 10.1. The molecule has 0 aliphatic heterocycles. The third kappa shape index (κ3) is 6.02. The number of imidazole rings is 1. The summed E-state index contributed by atoms with van der Waals surface area (Å²) in [5.74, 6) is 2.46. The van der Waals surface area contributed by atoms with E-state index in [1.165, 1.54) is 6.42 Å². The molecule has 0 saturated carbocycles. The van der Waals surface area contributed by atoms with Gasteiger partial charge in [-0.25, -0.2) is 15.0 Å². The van der Waals surface area contributed by atoms with E-state index in [0.29, 0.717) is 6.54 Å². The Morgan fingerprint density at radius 2 is 2.17 bits per heavy atom.